The molecule has 8 heteroatoms. The molecule has 0 atom stereocenters. The molecule has 1 aliphatic carbocycles. The molecule has 0 aliphatic heterocycles. The van der Waals surface area contributed by atoms with Crippen molar-refractivity contribution < 1.29 is 35.1 Å². The van der Waals surface area contributed by atoms with Crippen molar-refractivity contribution in [2.75, 3.05) is 0 Å². The molecule has 4 aromatic carbocycles. The summed E-state index contributed by atoms with van der Waals surface area (Å²) < 4.78 is 112. The predicted octanol–water partition coefficient (Wildman–Crippen LogP) is 9.47. The molecule has 0 radical (unpaired) electrons. The Kier molecular flexibility index (Phi) is 6.68. The lowest BCUT2D eigenvalue weighted by atomic mass is 9.70. The van der Waals surface area contributed by atoms with Gasteiger partial charge in [0.2, 0.25) is 0 Å². The first-order chi connectivity index (χ1) is 18.8. The van der Waals surface area contributed by atoms with Crippen LogP contribution in [0.1, 0.15) is 25.0 Å². The predicted molar refractivity (Wildman–Crippen MR) is 136 cm³/mol. The first-order valence-electron chi connectivity index (χ1n) is 12.1. The number of allylic oxidation sites excluding steroid dienone is 4. The van der Waals surface area contributed by atoms with E-state index in [0.717, 1.165) is 11.1 Å². The molecular weight excluding hydrogens is 536 g/mol. The quantitative estimate of drug-likeness (QED) is 0.133. The third kappa shape index (κ3) is 4.51. The smallest absolute Gasteiger partial charge is 0.169 e. The Bertz CT molecular complexity index is 1490. The van der Waals surface area contributed by atoms with Gasteiger partial charge in [-0.2, -0.15) is 0 Å². The van der Waals surface area contributed by atoms with Crippen LogP contribution in [0, 0.1) is 46.5 Å². The summed E-state index contributed by atoms with van der Waals surface area (Å²) >= 11 is 0. The van der Waals surface area contributed by atoms with E-state index in [1.807, 2.05) is 38.2 Å². The van der Waals surface area contributed by atoms with Crippen LogP contribution in [0.15, 0.2) is 85.0 Å². The van der Waals surface area contributed by atoms with Gasteiger partial charge in [0, 0.05) is 23.0 Å². The zero-order chi connectivity index (χ0) is 29.0. The van der Waals surface area contributed by atoms with Crippen LogP contribution in [0.5, 0.6) is 0 Å². The van der Waals surface area contributed by atoms with Crippen LogP contribution >= 0.6 is 0 Å². The number of benzene rings is 4. The molecule has 204 valence electrons. The van der Waals surface area contributed by atoms with Crippen LogP contribution in [0.25, 0.3) is 22.3 Å². The second-order valence-corrected chi connectivity index (χ2v) is 10.1. The third-order valence-electron chi connectivity index (χ3n) is 7.37. The van der Waals surface area contributed by atoms with Crippen molar-refractivity contribution in [1.29, 1.82) is 0 Å². The minimum absolute atomic E-state index is 0.0273. The highest BCUT2D eigenvalue weighted by atomic mass is 19.2. The van der Waals surface area contributed by atoms with E-state index in [-0.39, 0.29) is 23.3 Å². The van der Waals surface area contributed by atoms with Gasteiger partial charge < -0.3 is 0 Å². The summed E-state index contributed by atoms with van der Waals surface area (Å²) in [5.74, 6) is -11.9. The van der Waals surface area contributed by atoms with E-state index in [0.29, 0.717) is 0 Å². The van der Waals surface area contributed by atoms with Gasteiger partial charge in [0.25, 0.3) is 0 Å². The second-order valence-electron chi connectivity index (χ2n) is 10.1. The number of rotatable bonds is 4. The average Bonchev–Trinajstić information content (AvgIpc) is 2.94. The number of halogens is 8. The standard InChI is InChI=1S/C32H20F8/c1-31(19-7-3-17(4-8-19)25-27(37)21(33)15-22(34)28(25)38)11-13-32(2,14-12-31)20-9-5-18(6-10-20)26-29(39)23(35)16-24(36)30(26)40/h3-16H,1-2H3. The first-order valence-corrected chi connectivity index (χ1v) is 12.1. The van der Waals surface area contributed by atoms with E-state index in [4.69, 9.17) is 0 Å². The Hall–Kier alpha value is -4.20. The SMILES string of the molecule is CC1(c2ccc(-c3c(F)c(F)cc(F)c3F)cc2)C=CC(C)(c2ccc(-c3c(F)c(F)cc(F)c3F)cc2)C=C1. The van der Waals surface area contributed by atoms with Crippen LogP contribution in [0.3, 0.4) is 0 Å². The van der Waals surface area contributed by atoms with Gasteiger partial charge in [-0.15, -0.1) is 0 Å². The normalized spacial score (nSPS) is 20.2. The van der Waals surface area contributed by atoms with E-state index >= 15 is 0 Å². The molecule has 0 N–H and O–H groups in total. The highest BCUT2D eigenvalue weighted by Crippen LogP contribution is 2.40. The monoisotopic (exact) mass is 556 g/mol. The molecule has 5 rings (SSSR count). The topological polar surface area (TPSA) is 0 Å². The molecule has 0 bridgehead atoms. The Morgan fingerprint density at radius 1 is 0.400 bits per heavy atom. The molecule has 0 saturated heterocycles. The summed E-state index contributed by atoms with van der Waals surface area (Å²) in [7, 11) is 0. The van der Waals surface area contributed by atoms with Gasteiger partial charge >= 0.3 is 0 Å². The Morgan fingerprint density at radius 3 is 0.900 bits per heavy atom. The molecule has 40 heavy (non-hydrogen) atoms. The van der Waals surface area contributed by atoms with Gasteiger partial charge in [-0.05, 0) is 36.1 Å². The average molecular weight is 556 g/mol. The summed E-state index contributed by atoms with van der Waals surface area (Å²) in [6.07, 6.45) is 7.61. The molecule has 0 fully saturated rings. The largest absolute Gasteiger partial charge is 0.204 e. The highest BCUT2D eigenvalue weighted by molar-refractivity contribution is 5.67. The maximum atomic E-state index is 14.2. The van der Waals surface area contributed by atoms with Crippen molar-refractivity contribution >= 4 is 0 Å². The van der Waals surface area contributed by atoms with Gasteiger partial charge in [-0.25, -0.2) is 35.1 Å². The van der Waals surface area contributed by atoms with Crippen molar-refractivity contribution in [2.45, 2.75) is 24.7 Å². The highest BCUT2D eigenvalue weighted by Gasteiger charge is 2.31. The van der Waals surface area contributed by atoms with Crippen LogP contribution in [-0.4, -0.2) is 0 Å². The Morgan fingerprint density at radius 2 is 0.650 bits per heavy atom. The van der Waals surface area contributed by atoms with Crippen molar-refractivity contribution in [3.63, 3.8) is 0 Å². The number of hydrogen-bond acceptors (Lipinski definition) is 0. The fraction of sp³-hybridized carbons (Fsp3) is 0.125. The summed E-state index contributed by atoms with van der Waals surface area (Å²) in [6, 6.07) is 12.2. The van der Waals surface area contributed by atoms with Crippen molar-refractivity contribution in [3.05, 3.63) is 143 Å². The van der Waals surface area contributed by atoms with Crippen LogP contribution in [0.4, 0.5) is 35.1 Å². The molecule has 0 heterocycles. The Labute approximate surface area is 224 Å². The van der Waals surface area contributed by atoms with Gasteiger partial charge in [0.05, 0.1) is 11.1 Å². The zero-order valence-electron chi connectivity index (χ0n) is 21.1. The van der Waals surface area contributed by atoms with Crippen molar-refractivity contribution in [3.8, 4) is 22.3 Å². The van der Waals surface area contributed by atoms with E-state index in [9.17, 15) is 35.1 Å². The summed E-state index contributed by atoms with van der Waals surface area (Å²) in [5.41, 5.74) is -1.46. The fourth-order valence-electron chi connectivity index (χ4n) is 4.83. The van der Waals surface area contributed by atoms with Crippen LogP contribution < -0.4 is 0 Å². The minimum Gasteiger partial charge on any atom is -0.204 e. The summed E-state index contributed by atoms with van der Waals surface area (Å²) in [6.45, 7) is 3.79. The third-order valence-corrected chi connectivity index (χ3v) is 7.37. The van der Waals surface area contributed by atoms with Crippen LogP contribution in [-0.2, 0) is 10.8 Å². The van der Waals surface area contributed by atoms with Gasteiger partial charge in [-0.3, -0.25) is 0 Å². The molecule has 4 aromatic rings. The molecule has 0 saturated carbocycles. The number of hydrogen-bond donors (Lipinski definition) is 0. The lowest BCUT2D eigenvalue weighted by molar-refractivity contribution is 0.458. The zero-order valence-corrected chi connectivity index (χ0v) is 21.1. The molecule has 0 spiro atoms. The molecule has 0 nitrogen and oxygen atoms in total. The van der Waals surface area contributed by atoms with Gasteiger partial charge in [0.15, 0.2) is 46.5 Å². The first kappa shape index (κ1) is 27.4. The van der Waals surface area contributed by atoms with Gasteiger partial charge in [0.1, 0.15) is 0 Å². The molecule has 1 aliphatic rings. The molecular formula is C32H20F8. The second kappa shape index (κ2) is 9.77. The van der Waals surface area contributed by atoms with E-state index in [1.54, 1.807) is 24.3 Å². The summed E-state index contributed by atoms with van der Waals surface area (Å²) in [4.78, 5) is 0. The van der Waals surface area contributed by atoms with E-state index in [2.05, 4.69) is 0 Å². The van der Waals surface area contributed by atoms with E-state index < -0.39 is 68.5 Å². The molecule has 0 amide bonds. The van der Waals surface area contributed by atoms with Gasteiger partial charge in [-0.1, -0.05) is 72.8 Å². The van der Waals surface area contributed by atoms with Crippen LogP contribution in [0.2, 0.25) is 0 Å². The minimum atomic E-state index is -1.49. The maximum Gasteiger partial charge on any atom is 0.169 e. The van der Waals surface area contributed by atoms with Crippen molar-refractivity contribution in [2.24, 2.45) is 0 Å². The lowest BCUT2D eigenvalue weighted by Gasteiger charge is -2.33. The molecule has 0 aromatic heterocycles. The van der Waals surface area contributed by atoms with E-state index in [1.165, 1.54) is 24.3 Å². The summed E-state index contributed by atoms with van der Waals surface area (Å²) in [5, 5.41) is 0. The molecule has 0 unspecified atom stereocenters. The fourth-order valence-corrected chi connectivity index (χ4v) is 4.83. The maximum absolute atomic E-state index is 14.2. The Balaban J connectivity index is 1.41. The van der Waals surface area contributed by atoms with Crippen molar-refractivity contribution in [1.82, 2.24) is 0 Å². The lowest BCUT2D eigenvalue weighted by Crippen LogP contribution is -2.26.